The minimum Gasteiger partial charge on any atom is -0.489 e. The highest BCUT2D eigenvalue weighted by Crippen LogP contribution is 2.23. The van der Waals surface area contributed by atoms with Gasteiger partial charge in [-0.1, -0.05) is 45.8 Å². The summed E-state index contributed by atoms with van der Waals surface area (Å²) in [5.74, 6) is 0.636. The quantitative estimate of drug-likeness (QED) is 0.750. The van der Waals surface area contributed by atoms with Gasteiger partial charge < -0.3 is 4.74 Å². The molecule has 0 aromatic heterocycles. The Morgan fingerprint density at radius 1 is 1.11 bits per heavy atom. The van der Waals surface area contributed by atoms with Crippen molar-refractivity contribution in [3.05, 3.63) is 65.0 Å². The fourth-order valence-corrected chi connectivity index (χ4v) is 2.13. The number of halogens is 2. The summed E-state index contributed by atoms with van der Waals surface area (Å²) < 4.78 is 18.5. The molecule has 0 atom stereocenters. The summed E-state index contributed by atoms with van der Waals surface area (Å²) in [6, 6.07) is 12.4. The Kier molecular flexibility index (Phi) is 4.37. The Bertz CT molecular complexity index is 523. The average molecular weight is 309 g/mol. The van der Waals surface area contributed by atoms with Crippen molar-refractivity contribution >= 4 is 15.9 Å². The van der Waals surface area contributed by atoms with Gasteiger partial charge in [-0.15, -0.1) is 0 Å². The summed E-state index contributed by atoms with van der Waals surface area (Å²) >= 11 is 3.45. The summed E-state index contributed by atoms with van der Waals surface area (Å²) in [4.78, 5) is 0. The van der Waals surface area contributed by atoms with Gasteiger partial charge in [0.2, 0.25) is 0 Å². The molecule has 0 aliphatic carbocycles. The molecule has 0 spiro atoms. The highest BCUT2D eigenvalue weighted by atomic mass is 79.9. The van der Waals surface area contributed by atoms with Crippen molar-refractivity contribution in [3.8, 4) is 5.75 Å². The maximum Gasteiger partial charge on any atom is 0.123 e. The first-order valence-electron chi connectivity index (χ1n) is 5.72. The lowest BCUT2D eigenvalue weighted by atomic mass is 10.1. The van der Waals surface area contributed by atoms with E-state index in [0.717, 1.165) is 22.2 Å². The van der Waals surface area contributed by atoms with Crippen molar-refractivity contribution in [3.63, 3.8) is 0 Å². The minimum atomic E-state index is -0.227. The van der Waals surface area contributed by atoms with Gasteiger partial charge in [-0.25, -0.2) is 4.39 Å². The van der Waals surface area contributed by atoms with E-state index in [0.29, 0.717) is 6.61 Å². The largest absolute Gasteiger partial charge is 0.489 e. The number of rotatable bonds is 4. The lowest BCUT2D eigenvalue weighted by molar-refractivity contribution is 0.303. The van der Waals surface area contributed by atoms with Crippen LogP contribution in [0, 0.1) is 12.7 Å². The third kappa shape index (κ3) is 3.33. The van der Waals surface area contributed by atoms with Gasteiger partial charge in [-0.3, -0.25) is 0 Å². The van der Waals surface area contributed by atoms with Crippen molar-refractivity contribution in [2.75, 3.05) is 0 Å². The molecule has 3 heteroatoms. The molecule has 0 aliphatic rings. The zero-order valence-electron chi connectivity index (χ0n) is 10.1. The van der Waals surface area contributed by atoms with Crippen LogP contribution >= 0.6 is 15.9 Å². The van der Waals surface area contributed by atoms with E-state index in [1.54, 1.807) is 12.1 Å². The van der Waals surface area contributed by atoms with Crippen LogP contribution in [0.2, 0.25) is 0 Å². The molecule has 2 aromatic carbocycles. The summed E-state index contributed by atoms with van der Waals surface area (Å²) in [5.41, 5.74) is 3.29. The number of hydrogen-bond acceptors (Lipinski definition) is 1. The van der Waals surface area contributed by atoms with E-state index in [9.17, 15) is 4.39 Å². The zero-order chi connectivity index (χ0) is 13.0. The molecule has 2 aromatic rings. The first-order valence-corrected chi connectivity index (χ1v) is 6.84. The lowest BCUT2D eigenvalue weighted by Gasteiger charge is -2.11. The van der Waals surface area contributed by atoms with Gasteiger partial charge >= 0.3 is 0 Å². The second-order valence-electron chi connectivity index (χ2n) is 4.16. The maximum atomic E-state index is 12.8. The van der Waals surface area contributed by atoms with Crippen LogP contribution in [0.4, 0.5) is 4.39 Å². The van der Waals surface area contributed by atoms with Crippen LogP contribution in [-0.2, 0) is 11.9 Å². The molecule has 0 saturated carbocycles. The van der Waals surface area contributed by atoms with Crippen molar-refractivity contribution in [1.29, 1.82) is 0 Å². The smallest absolute Gasteiger partial charge is 0.123 e. The molecular weight excluding hydrogens is 295 g/mol. The summed E-state index contributed by atoms with van der Waals surface area (Å²) in [6.07, 6.45) is 0. The van der Waals surface area contributed by atoms with Crippen molar-refractivity contribution < 1.29 is 9.13 Å². The van der Waals surface area contributed by atoms with Gasteiger partial charge in [0.05, 0.1) is 0 Å². The van der Waals surface area contributed by atoms with Gasteiger partial charge in [-0.05, 0) is 30.7 Å². The molecule has 1 nitrogen and oxygen atoms in total. The number of ether oxygens (including phenoxy) is 1. The molecule has 2 rings (SSSR count). The molecule has 0 unspecified atom stereocenters. The second kappa shape index (κ2) is 6.01. The first kappa shape index (κ1) is 13.1. The fourth-order valence-electron chi connectivity index (χ4n) is 1.70. The van der Waals surface area contributed by atoms with Crippen LogP contribution in [0.3, 0.4) is 0 Å². The maximum absolute atomic E-state index is 12.8. The topological polar surface area (TPSA) is 9.23 Å². The third-order valence-electron chi connectivity index (χ3n) is 2.67. The molecule has 0 N–H and O–H groups in total. The summed E-state index contributed by atoms with van der Waals surface area (Å²) in [7, 11) is 0. The van der Waals surface area contributed by atoms with E-state index in [2.05, 4.69) is 28.9 Å². The molecule has 0 bridgehead atoms. The van der Waals surface area contributed by atoms with Crippen LogP contribution in [0.5, 0.6) is 5.75 Å². The van der Waals surface area contributed by atoms with Crippen LogP contribution in [0.25, 0.3) is 0 Å². The molecule has 0 heterocycles. The molecule has 0 amide bonds. The van der Waals surface area contributed by atoms with Gasteiger partial charge in [0.25, 0.3) is 0 Å². The normalized spacial score (nSPS) is 10.4. The Labute approximate surface area is 115 Å². The van der Waals surface area contributed by atoms with Gasteiger partial charge in [0.15, 0.2) is 0 Å². The fraction of sp³-hybridized carbons (Fsp3) is 0.200. The van der Waals surface area contributed by atoms with Crippen LogP contribution < -0.4 is 4.74 Å². The van der Waals surface area contributed by atoms with Crippen LogP contribution in [0.1, 0.15) is 16.7 Å². The Hall–Kier alpha value is -1.35. The second-order valence-corrected chi connectivity index (χ2v) is 4.72. The predicted molar refractivity (Wildman–Crippen MR) is 74.5 cm³/mol. The highest BCUT2D eigenvalue weighted by molar-refractivity contribution is 9.08. The van der Waals surface area contributed by atoms with E-state index in [-0.39, 0.29) is 5.82 Å². The van der Waals surface area contributed by atoms with E-state index >= 15 is 0 Å². The predicted octanol–water partition coefficient (Wildman–Crippen LogP) is 4.61. The minimum absolute atomic E-state index is 0.227. The SMILES string of the molecule is Cc1ccc(OCc2ccc(F)cc2)c(CBr)c1. The summed E-state index contributed by atoms with van der Waals surface area (Å²) in [5, 5.41) is 0.757. The highest BCUT2D eigenvalue weighted by Gasteiger charge is 2.03. The summed E-state index contributed by atoms with van der Waals surface area (Å²) in [6.45, 7) is 2.50. The number of benzene rings is 2. The molecule has 0 aliphatic heterocycles. The Morgan fingerprint density at radius 2 is 1.83 bits per heavy atom. The van der Waals surface area contributed by atoms with E-state index in [4.69, 9.17) is 4.74 Å². The third-order valence-corrected chi connectivity index (χ3v) is 3.27. The zero-order valence-corrected chi connectivity index (χ0v) is 11.7. The van der Waals surface area contributed by atoms with Crippen molar-refractivity contribution in [2.45, 2.75) is 18.9 Å². The molecule has 0 fully saturated rings. The molecular formula is C15H14BrFO. The van der Waals surface area contributed by atoms with E-state index < -0.39 is 0 Å². The van der Waals surface area contributed by atoms with Gasteiger partial charge in [0, 0.05) is 10.9 Å². The van der Waals surface area contributed by atoms with Gasteiger partial charge in [-0.2, -0.15) is 0 Å². The molecule has 0 saturated heterocycles. The number of hydrogen-bond donors (Lipinski definition) is 0. The molecule has 18 heavy (non-hydrogen) atoms. The van der Waals surface area contributed by atoms with Crippen LogP contribution in [0.15, 0.2) is 42.5 Å². The van der Waals surface area contributed by atoms with Crippen LogP contribution in [-0.4, -0.2) is 0 Å². The Morgan fingerprint density at radius 3 is 2.50 bits per heavy atom. The lowest BCUT2D eigenvalue weighted by Crippen LogP contribution is -1.98. The van der Waals surface area contributed by atoms with Crippen molar-refractivity contribution in [1.82, 2.24) is 0 Å². The van der Waals surface area contributed by atoms with Gasteiger partial charge in [0.1, 0.15) is 18.2 Å². The first-order chi connectivity index (χ1) is 8.69. The molecule has 94 valence electrons. The van der Waals surface area contributed by atoms with E-state index in [1.807, 2.05) is 12.1 Å². The number of aryl methyl sites for hydroxylation is 1. The number of alkyl halides is 1. The monoisotopic (exact) mass is 308 g/mol. The average Bonchev–Trinajstić information content (AvgIpc) is 2.39. The van der Waals surface area contributed by atoms with E-state index in [1.165, 1.54) is 17.7 Å². The standard InChI is InChI=1S/C15H14BrFO/c1-11-2-7-15(13(8-11)9-16)18-10-12-3-5-14(17)6-4-12/h2-8H,9-10H2,1H3. The molecule has 0 radical (unpaired) electrons. The van der Waals surface area contributed by atoms with Crippen molar-refractivity contribution in [2.24, 2.45) is 0 Å². The Balaban J connectivity index is 2.08.